The van der Waals surface area contributed by atoms with Crippen molar-refractivity contribution in [3.8, 4) is 18.1 Å². The lowest BCUT2D eigenvalue weighted by Crippen LogP contribution is -2.62. The molecule has 2 rings (SSSR count). The number of hydrogen-bond acceptors (Lipinski definition) is 6. The third kappa shape index (κ3) is 3.69. The molecule has 24 heavy (non-hydrogen) atoms. The van der Waals surface area contributed by atoms with E-state index in [-0.39, 0.29) is 18.0 Å². The number of rotatable bonds is 5. The lowest BCUT2D eigenvalue weighted by molar-refractivity contribution is -0.311. The zero-order valence-electron chi connectivity index (χ0n) is 13.4. The fourth-order valence-corrected chi connectivity index (χ4v) is 5.67. The molecule has 0 unspecified atom stereocenters. The highest BCUT2D eigenvalue weighted by molar-refractivity contribution is 8.00. The van der Waals surface area contributed by atoms with Gasteiger partial charge in [0.1, 0.15) is 12.4 Å². The summed E-state index contributed by atoms with van der Waals surface area (Å²) in [6.45, 7) is 3.61. The monoisotopic (exact) mass is 368 g/mol. The van der Waals surface area contributed by atoms with Gasteiger partial charge in [0.25, 0.3) is 0 Å². The maximum Gasteiger partial charge on any atom is 0.243 e. The number of sulfonamides is 1. The van der Waals surface area contributed by atoms with Crippen LogP contribution in [-0.2, 0) is 14.8 Å². The number of thioether (sulfide) groups is 1. The van der Waals surface area contributed by atoms with Crippen LogP contribution in [0.3, 0.4) is 0 Å². The molecule has 0 saturated carbocycles. The molecular weight excluding hydrogens is 350 g/mol. The molecule has 1 aliphatic rings. The van der Waals surface area contributed by atoms with Gasteiger partial charge in [-0.1, -0.05) is 5.92 Å². The SMILES string of the molecule is C#CCOc1ccc(S(=O)(=O)N2CCSC(C)(C)[C@@H]2C(=O)[O-])cc1. The smallest absolute Gasteiger partial charge is 0.243 e. The van der Waals surface area contributed by atoms with Crippen molar-refractivity contribution in [2.24, 2.45) is 0 Å². The van der Waals surface area contributed by atoms with Gasteiger partial charge in [-0.3, -0.25) is 0 Å². The fraction of sp³-hybridized carbons (Fsp3) is 0.438. The number of terminal acetylenes is 1. The van der Waals surface area contributed by atoms with Crippen molar-refractivity contribution in [2.45, 2.75) is 29.5 Å². The number of carboxylic acid groups (broad SMARTS) is 1. The molecule has 0 amide bonds. The molecule has 6 nitrogen and oxygen atoms in total. The van der Waals surface area contributed by atoms with Crippen LogP contribution in [-0.4, -0.2) is 48.4 Å². The number of carbonyl (C=O) groups is 1. The lowest BCUT2D eigenvalue weighted by Gasteiger charge is -2.45. The Morgan fingerprint density at radius 3 is 2.62 bits per heavy atom. The van der Waals surface area contributed by atoms with Crippen LogP contribution in [0.4, 0.5) is 0 Å². The lowest BCUT2D eigenvalue weighted by atomic mass is 10.0. The molecule has 1 aromatic carbocycles. The molecule has 1 heterocycles. The molecule has 1 atom stereocenters. The summed E-state index contributed by atoms with van der Waals surface area (Å²) in [7, 11) is -3.96. The maximum atomic E-state index is 12.9. The highest BCUT2D eigenvalue weighted by atomic mass is 32.2. The minimum atomic E-state index is -3.96. The third-order valence-corrected chi connectivity index (χ3v) is 6.94. The van der Waals surface area contributed by atoms with Gasteiger partial charge in [-0.2, -0.15) is 16.1 Å². The fourth-order valence-electron chi connectivity index (χ4n) is 2.58. The zero-order valence-corrected chi connectivity index (χ0v) is 15.0. The Hall–Kier alpha value is -1.69. The Balaban J connectivity index is 2.34. The Labute approximate surface area is 146 Å². The summed E-state index contributed by atoms with van der Waals surface area (Å²) in [6.07, 6.45) is 5.10. The first-order valence-corrected chi connectivity index (χ1v) is 9.65. The van der Waals surface area contributed by atoms with Crippen LogP contribution in [0, 0.1) is 12.3 Å². The van der Waals surface area contributed by atoms with E-state index in [1.807, 2.05) is 0 Å². The van der Waals surface area contributed by atoms with E-state index in [4.69, 9.17) is 11.2 Å². The Bertz CT molecular complexity index is 750. The Morgan fingerprint density at radius 1 is 1.46 bits per heavy atom. The van der Waals surface area contributed by atoms with E-state index in [1.54, 1.807) is 13.8 Å². The minimum absolute atomic E-state index is 0.00417. The highest BCUT2D eigenvalue weighted by Gasteiger charge is 2.44. The molecule has 1 aliphatic heterocycles. The summed E-state index contributed by atoms with van der Waals surface area (Å²) in [5, 5.41) is 11.6. The summed E-state index contributed by atoms with van der Waals surface area (Å²) in [4.78, 5) is 11.6. The quantitative estimate of drug-likeness (QED) is 0.697. The average Bonchev–Trinajstić information content (AvgIpc) is 2.51. The maximum absolute atomic E-state index is 12.9. The van der Waals surface area contributed by atoms with Gasteiger partial charge in [-0.15, -0.1) is 6.42 Å². The second kappa shape index (κ2) is 7.05. The van der Waals surface area contributed by atoms with E-state index in [2.05, 4.69) is 5.92 Å². The molecule has 130 valence electrons. The van der Waals surface area contributed by atoms with Crippen molar-refractivity contribution in [3.63, 3.8) is 0 Å². The predicted molar refractivity (Wildman–Crippen MR) is 90.0 cm³/mol. The van der Waals surface area contributed by atoms with E-state index in [0.29, 0.717) is 11.5 Å². The van der Waals surface area contributed by atoms with Crippen molar-refractivity contribution in [1.29, 1.82) is 0 Å². The number of carboxylic acids is 1. The summed E-state index contributed by atoms with van der Waals surface area (Å²) < 4.78 is 31.2. The van der Waals surface area contributed by atoms with Crippen LogP contribution < -0.4 is 9.84 Å². The molecular formula is C16H18NO5S2-. The van der Waals surface area contributed by atoms with Crippen molar-refractivity contribution in [1.82, 2.24) is 4.31 Å². The van der Waals surface area contributed by atoms with Gasteiger partial charge in [-0.05, 0) is 38.1 Å². The van der Waals surface area contributed by atoms with Crippen LogP contribution in [0.25, 0.3) is 0 Å². The van der Waals surface area contributed by atoms with Crippen LogP contribution in [0.15, 0.2) is 29.2 Å². The summed E-state index contributed by atoms with van der Waals surface area (Å²) in [5.41, 5.74) is 0. The van der Waals surface area contributed by atoms with Gasteiger partial charge < -0.3 is 14.6 Å². The summed E-state index contributed by atoms with van der Waals surface area (Å²) in [5.74, 6) is 1.87. The summed E-state index contributed by atoms with van der Waals surface area (Å²) >= 11 is 1.42. The number of nitrogens with zero attached hydrogens (tertiary/aromatic N) is 1. The van der Waals surface area contributed by atoms with Gasteiger partial charge >= 0.3 is 0 Å². The van der Waals surface area contributed by atoms with E-state index < -0.39 is 26.8 Å². The number of carbonyl (C=O) groups excluding carboxylic acids is 1. The molecule has 0 radical (unpaired) electrons. The van der Waals surface area contributed by atoms with E-state index in [1.165, 1.54) is 36.0 Å². The van der Waals surface area contributed by atoms with Crippen LogP contribution in [0.2, 0.25) is 0 Å². The van der Waals surface area contributed by atoms with Crippen molar-refractivity contribution in [2.75, 3.05) is 18.9 Å². The Morgan fingerprint density at radius 2 is 2.08 bits per heavy atom. The topological polar surface area (TPSA) is 86.7 Å². The van der Waals surface area contributed by atoms with Gasteiger partial charge in [0.05, 0.1) is 16.9 Å². The first-order valence-electron chi connectivity index (χ1n) is 7.23. The third-order valence-electron chi connectivity index (χ3n) is 3.71. The average molecular weight is 368 g/mol. The van der Waals surface area contributed by atoms with Crippen molar-refractivity contribution < 1.29 is 23.1 Å². The summed E-state index contributed by atoms with van der Waals surface area (Å²) in [6, 6.07) is 4.49. The first kappa shape index (κ1) is 18.6. The van der Waals surface area contributed by atoms with Gasteiger partial charge in [-0.25, -0.2) is 8.42 Å². The van der Waals surface area contributed by atoms with Gasteiger partial charge in [0.15, 0.2) is 0 Å². The second-order valence-electron chi connectivity index (χ2n) is 5.75. The number of hydrogen-bond donors (Lipinski definition) is 0. The van der Waals surface area contributed by atoms with E-state index in [0.717, 1.165) is 4.31 Å². The van der Waals surface area contributed by atoms with Crippen LogP contribution in [0.5, 0.6) is 5.75 Å². The normalized spacial score (nSPS) is 21.0. The van der Waals surface area contributed by atoms with Crippen LogP contribution >= 0.6 is 11.8 Å². The van der Waals surface area contributed by atoms with Crippen molar-refractivity contribution in [3.05, 3.63) is 24.3 Å². The first-order chi connectivity index (χ1) is 11.2. The van der Waals surface area contributed by atoms with E-state index in [9.17, 15) is 18.3 Å². The molecule has 8 heteroatoms. The molecule has 0 N–H and O–H groups in total. The molecule has 1 fully saturated rings. The molecule has 1 saturated heterocycles. The second-order valence-corrected chi connectivity index (χ2v) is 9.39. The number of aliphatic carboxylic acids is 1. The Kier molecular flexibility index (Phi) is 5.48. The largest absolute Gasteiger partial charge is 0.548 e. The zero-order chi connectivity index (χ0) is 18.0. The molecule has 1 aromatic rings. The van der Waals surface area contributed by atoms with Gasteiger partial charge in [0, 0.05) is 17.0 Å². The van der Waals surface area contributed by atoms with Crippen molar-refractivity contribution >= 4 is 27.8 Å². The van der Waals surface area contributed by atoms with E-state index >= 15 is 0 Å². The predicted octanol–water partition coefficient (Wildman–Crippen LogP) is 0.333. The standard InChI is InChI=1S/C16H19NO5S2/c1-4-10-22-12-5-7-13(8-6-12)24(20,21)17-9-11-23-16(2,3)14(17)15(18)19/h1,5-8,14H,9-11H2,2-3H3,(H,18,19)/p-1/t14-/m0/s1. The molecule has 0 aliphatic carbocycles. The van der Waals surface area contributed by atoms with Crippen LogP contribution in [0.1, 0.15) is 13.8 Å². The molecule has 0 spiro atoms. The van der Waals surface area contributed by atoms with Gasteiger partial charge in [0.2, 0.25) is 10.0 Å². The molecule has 0 aromatic heterocycles. The minimum Gasteiger partial charge on any atom is -0.548 e. The number of benzene rings is 1. The highest BCUT2D eigenvalue weighted by Crippen LogP contribution is 2.38. The number of ether oxygens (including phenoxy) is 1. The molecule has 0 bridgehead atoms.